The lowest BCUT2D eigenvalue weighted by molar-refractivity contribution is -0.146. The number of carboxylic acids is 1. The van der Waals surface area contributed by atoms with Gasteiger partial charge in [0.15, 0.2) is 6.10 Å². The quantitative estimate of drug-likeness (QED) is 0.607. The van der Waals surface area contributed by atoms with Gasteiger partial charge in [-0.15, -0.1) is 0 Å². The van der Waals surface area contributed by atoms with E-state index < -0.39 is 12.1 Å². The molecule has 6 heteroatoms. The fourth-order valence-corrected chi connectivity index (χ4v) is 4.40. The van der Waals surface area contributed by atoms with Crippen molar-refractivity contribution >= 4 is 29.1 Å². The number of nitrogens with zero attached hydrogens (tertiary/aromatic N) is 1. The van der Waals surface area contributed by atoms with E-state index in [9.17, 15) is 9.90 Å². The smallest absolute Gasteiger partial charge is 0.332 e. The Balaban J connectivity index is 1.42. The number of fused-ring (bicyclic) bond motifs is 2. The van der Waals surface area contributed by atoms with E-state index in [2.05, 4.69) is 41.3 Å². The summed E-state index contributed by atoms with van der Waals surface area (Å²) in [5.74, 6) is -0.503. The maximum absolute atomic E-state index is 10.8. The molecule has 1 aliphatic rings. The van der Waals surface area contributed by atoms with Gasteiger partial charge in [0.25, 0.3) is 0 Å². The summed E-state index contributed by atoms with van der Waals surface area (Å²) < 4.78 is 5.92. The number of benzene rings is 3. The van der Waals surface area contributed by atoms with Crippen LogP contribution in [0.4, 0.5) is 11.4 Å². The number of hydrogen-bond donors (Lipinski definition) is 2. The Hall–Kier alpha value is -2.96. The highest BCUT2D eigenvalue weighted by Gasteiger charge is 2.22. The topological polar surface area (TPSA) is 70.0 Å². The Labute approximate surface area is 173 Å². The van der Waals surface area contributed by atoms with Gasteiger partial charge in [-0.2, -0.15) is 0 Å². The van der Waals surface area contributed by atoms with E-state index in [1.165, 1.54) is 21.2 Å². The summed E-state index contributed by atoms with van der Waals surface area (Å²) in [6.07, 6.45) is -1.31. The molecule has 1 unspecified atom stereocenters. The fourth-order valence-electron chi connectivity index (χ4n) is 3.31. The second-order valence-corrected chi connectivity index (χ2v) is 7.82. The molecule has 0 fully saturated rings. The fraction of sp³-hybridized carbons (Fsp3) is 0.174. The van der Waals surface area contributed by atoms with Crippen molar-refractivity contribution in [1.29, 1.82) is 0 Å². The van der Waals surface area contributed by atoms with Crippen LogP contribution in [0, 0.1) is 0 Å². The molecular weight excluding hydrogens is 386 g/mol. The summed E-state index contributed by atoms with van der Waals surface area (Å²) in [6.45, 7) is 1.21. The van der Waals surface area contributed by atoms with Gasteiger partial charge >= 0.3 is 5.97 Å². The summed E-state index contributed by atoms with van der Waals surface area (Å²) in [4.78, 5) is 15.5. The molecule has 1 heterocycles. The summed E-state index contributed by atoms with van der Waals surface area (Å²) in [6, 6.07) is 23.9. The Bertz CT molecular complexity index is 960. The van der Waals surface area contributed by atoms with Crippen LogP contribution < -0.4 is 9.64 Å². The summed E-state index contributed by atoms with van der Waals surface area (Å²) in [5, 5.41) is 18.3. The van der Waals surface area contributed by atoms with Crippen molar-refractivity contribution in [2.75, 3.05) is 18.1 Å². The van der Waals surface area contributed by atoms with Crippen molar-refractivity contribution in [2.24, 2.45) is 0 Å². The van der Waals surface area contributed by atoms with Gasteiger partial charge in [0.05, 0.1) is 17.9 Å². The van der Waals surface area contributed by atoms with Crippen LogP contribution in [0.1, 0.15) is 5.56 Å². The number of aliphatic hydroxyl groups is 1. The second kappa shape index (κ2) is 8.59. The molecule has 3 aromatic carbocycles. The second-order valence-electron chi connectivity index (χ2n) is 6.74. The molecule has 3 aromatic rings. The van der Waals surface area contributed by atoms with Crippen LogP contribution in [-0.2, 0) is 11.2 Å². The number of ether oxygens (including phenoxy) is 1. The minimum Gasteiger partial charge on any atom is -0.492 e. The zero-order valence-corrected chi connectivity index (χ0v) is 16.5. The highest BCUT2D eigenvalue weighted by molar-refractivity contribution is 7.99. The zero-order chi connectivity index (χ0) is 20.2. The van der Waals surface area contributed by atoms with Gasteiger partial charge in [0.1, 0.15) is 12.4 Å². The molecule has 0 saturated carbocycles. The van der Waals surface area contributed by atoms with Crippen molar-refractivity contribution in [1.82, 2.24) is 0 Å². The van der Waals surface area contributed by atoms with Crippen molar-refractivity contribution in [3.63, 3.8) is 0 Å². The number of para-hydroxylation sites is 2. The lowest BCUT2D eigenvalue weighted by atomic mass is 10.1. The molecule has 29 heavy (non-hydrogen) atoms. The van der Waals surface area contributed by atoms with Crippen molar-refractivity contribution < 1.29 is 19.7 Å². The van der Waals surface area contributed by atoms with E-state index in [0.29, 0.717) is 18.9 Å². The molecule has 0 aliphatic carbocycles. The van der Waals surface area contributed by atoms with Crippen LogP contribution in [0.25, 0.3) is 0 Å². The lowest BCUT2D eigenvalue weighted by Gasteiger charge is -2.32. The zero-order valence-electron chi connectivity index (χ0n) is 15.7. The Morgan fingerprint density at radius 3 is 2.10 bits per heavy atom. The molecule has 148 valence electrons. The Morgan fingerprint density at radius 1 is 0.931 bits per heavy atom. The summed E-state index contributed by atoms with van der Waals surface area (Å²) in [5.41, 5.74) is 3.11. The van der Waals surface area contributed by atoms with E-state index in [0.717, 1.165) is 5.56 Å². The van der Waals surface area contributed by atoms with Gasteiger partial charge in [-0.05, 0) is 42.0 Å². The third kappa shape index (κ3) is 4.39. The minimum atomic E-state index is -1.39. The first-order valence-corrected chi connectivity index (χ1v) is 10.2. The third-order valence-electron chi connectivity index (χ3n) is 4.75. The van der Waals surface area contributed by atoms with Crippen LogP contribution in [0.3, 0.4) is 0 Å². The number of aliphatic hydroxyl groups excluding tert-OH is 1. The molecule has 4 rings (SSSR count). The molecule has 0 saturated heterocycles. The van der Waals surface area contributed by atoms with E-state index in [4.69, 9.17) is 9.84 Å². The molecule has 2 N–H and O–H groups in total. The molecule has 5 nitrogen and oxygen atoms in total. The standard InChI is InChI=1S/C23H21NO4S/c25-20(23(26)27)15-16-9-11-17(12-10-16)28-14-13-24-18-5-1-3-7-21(18)29-22-8-4-2-6-19(22)24/h1-12,20,25H,13-15H2,(H,26,27). The number of anilines is 2. The minimum absolute atomic E-state index is 0.0780. The largest absolute Gasteiger partial charge is 0.492 e. The number of aliphatic carboxylic acids is 1. The summed E-state index contributed by atoms with van der Waals surface area (Å²) >= 11 is 1.78. The maximum atomic E-state index is 10.8. The number of hydrogen-bond acceptors (Lipinski definition) is 5. The first kappa shape index (κ1) is 19.4. The highest BCUT2D eigenvalue weighted by Crippen LogP contribution is 2.47. The average molecular weight is 407 g/mol. The third-order valence-corrected chi connectivity index (χ3v) is 5.88. The summed E-state index contributed by atoms with van der Waals surface area (Å²) in [7, 11) is 0. The monoisotopic (exact) mass is 407 g/mol. The van der Waals surface area contributed by atoms with Crippen LogP contribution in [0.5, 0.6) is 5.75 Å². The van der Waals surface area contributed by atoms with E-state index >= 15 is 0 Å². The molecule has 1 aliphatic heterocycles. The van der Waals surface area contributed by atoms with Crippen molar-refractivity contribution in [2.45, 2.75) is 22.3 Å². The van der Waals surface area contributed by atoms with Crippen LogP contribution in [0.15, 0.2) is 82.6 Å². The van der Waals surface area contributed by atoms with Gasteiger partial charge in [-0.1, -0.05) is 48.2 Å². The maximum Gasteiger partial charge on any atom is 0.332 e. The Kier molecular flexibility index (Phi) is 5.74. The van der Waals surface area contributed by atoms with E-state index in [1.54, 1.807) is 36.0 Å². The van der Waals surface area contributed by atoms with Crippen LogP contribution in [0.2, 0.25) is 0 Å². The predicted molar refractivity (Wildman–Crippen MR) is 113 cm³/mol. The van der Waals surface area contributed by atoms with Gasteiger partial charge in [0.2, 0.25) is 0 Å². The van der Waals surface area contributed by atoms with Crippen LogP contribution in [-0.4, -0.2) is 35.4 Å². The van der Waals surface area contributed by atoms with Gasteiger partial charge in [-0.3, -0.25) is 0 Å². The van der Waals surface area contributed by atoms with Gasteiger partial charge in [0, 0.05) is 16.2 Å². The molecule has 0 amide bonds. The predicted octanol–water partition coefficient (Wildman–Crippen LogP) is 4.36. The SMILES string of the molecule is O=C(O)C(O)Cc1ccc(OCCN2c3ccccc3Sc3ccccc32)cc1. The molecular formula is C23H21NO4S. The molecule has 0 aromatic heterocycles. The first-order valence-electron chi connectivity index (χ1n) is 9.38. The van der Waals surface area contributed by atoms with E-state index in [1.807, 2.05) is 12.1 Å². The average Bonchev–Trinajstić information content (AvgIpc) is 2.74. The van der Waals surface area contributed by atoms with Crippen LogP contribution >= 0.6 is 11.8 Å². The number of carbonyl (C=O) groups is 1. The number of rotatable bonds is 7. The molecule has 0 spiro atoms. The van der Waals surface area contributed by atoms with Crippen molar-refractivity contribution in [3.05, 3.63) is 78.4 Å². The van der Waals surface area contributed by atoms with Gasteiger partial charge in [-0.25, -0.2) is 4.79 Å². The Morgan fingerprint density at radius 2 is 1.52 bits per heavy atom. The lowest BCUT2D eigenvalue weighted by Crippen LogP contribution is -2.26. The van der Waals surface area contributed by atoms with Gasteiger partial charge < -0.3 is 19.8 Å². The molecule has 1 atom stereocenters. The number of carboxylic acid groups (broad SMARTS) is 1. The normalized spacial score (nSPS) is 13.3. The first-order chi connectivity index (χ1) is 14.1. The van der Waals surface area contributed by atoms with Crippen molar-refractivity contribution in [3.8, 4) is 5.75 Å². The highest BCUT2D eigenvalue weighted by atomic mass is 32.2. The molecule has 0 bridgehead atoms. The van der Waals surface area contributed by atoms with E-state index in [-0.39, 0.29) is 6.42 Å². The molecule has 0 radical (unpaired) electrons.